The number of rotatable bonds is 1. The van der Waals surface area contributed by atoms with Gasteiger partial charge in [0.1, 0.15) is 0 Å². The highest BCUT2D eigenvalue weighted by Crippen LogP contribution is 2.65. The number of fused-ring (bicyclic) bond motifs is 5. The lowest BCUT2D eigenvalue weighted by atomic mass is 9.49. The Hall–Kier alpha value is -0.410. The fourth-order valence-corrected chi connectivity index (χ4v) is 7.22. The molecular weight excluding hydrogens is 323 g/mol. The van der Waals surface area contributed by atoms with Crippen LogP contribution in [0.1, 0.15) is 58.8 Å². The van der Waals surface area contributed by atoms with Crippen molar-refractivity contribution in [3.63, 3.8) is 0 Å². The molecule has 5 heteroatoms. The van der Waals surface area contributed by atoms with Crippen molar-refractivity contribution in [3.8, 4) is 0 Å². The Morgan fingerprint density at radius 3 is 2.58 bits per heavy atom. The molecule has 0 spiro atoms. The molecule has 0 bridgehead atoms. The fraction of sp³-hybridized carbons (Fsp3) is 0.789. The molecule has 24 heavy (non-hydrogen) atoms. The van der Waals surface area contributed by atoms with Gasteiger partial charge in [-0.25, -0.2) is 0 Å². The quantitative estimate of drug-likeness (QED) is 0.624. The van der Waals surface area contributed by atoms with Gasteiger partial charge in [-0.2, -0.15) is 0 Å². The largest absolute Gasteiger partial charge is 0.393 e. The molecule has 0 aliphatic heterocycles. The topological polar surface area (TPSA) is 77.8 Å². The molecule has 0 radical (unpaired) electrons. The molecule has 0 heterocycles. The maximum absolute atomic E-state index is 11.6. The summed E-state index contributed by atoms with van der Waals surface area (Å²) >= 11 is 0. The lowest BCUT2D eigenvalue weighted by molar-refractivity contribution is -0.0625. The summed E-state index contributed by atoms with van der Waals surface area (Å²) in [7, 11) is -4.12. The second-order valence-electron chi connectivity index (χ2n) is 9.01. The minimum atomic E-state index is -4.12. The normalized spacial score (nSPS) is 48.0. The zero-order chi connectivity index (χ0) is 17.3. The van der Waals surface area contributed by atoms with E-state index in [0.717, 1.165) is 44.1 Å². The Balaban J connectivity index is 1.70. The molecule has 0 aromatic heterocycles. The Morgan fingerprint density at radius 2 is 1.88 bits per heavy atom. The van der Waals surface area contributed by atoms with Gasteiger partial charge in [0.2, 0.25) is 0 Å². The first-order valence-corrected chi connectivity index (χ1v) is 10.9. The van der Waals surface area contributed by atoms with E-state index in [1.54, 1.807) is 6.08 Å². The van der Waals surface area contributed by atoms with Gasteiger partial charge < -0.3 is 14.9 Å². The van der Waals surface area contributed by atoms with Crippen LogP contribution in [0.25, 0.3) is 0 Å². The monoisotopic (exact) mass is 352 g/mol. The summed E-state index contributed by atoms with van der Waals surface area (Å²) in [4.78, 5) is 19.0. The van der Waals surface area contributed by atoms with Crippen molar-refractivity contribution in [2.24, 2.45) is 28.6 Å². The Morgan fingerprint density at radius 1 is 1.12 bits per heavy atom. The van der Waals surface area contributed by atoms with E-state index in [1.165, 1.54) is 0 Å². The van der Waals surface area contributed by atoms with E-state index in [4.69, 9.17) is 0 Å². The molecule has 4 rings (SSSR count). The zero-order valence-electron chi connectivity index (χ0n) is 14.6. The summed E-state index contributed by atoms with van der Waals surface area (Å²) in [5.74, 6) is 1.78. The minimum Gasteiger partial charge on any atom is -0.393 e. The maximum Gasteiger partial charge on any atom is 0.352 e. The second kappa shape index (κ2) is 5.30. The highest BCUT2D eigenvalue weighted by atomic mass is 31.2. The number of allylic oxidation sites excluding steroid dienone is 4. The number of aliphatic hydroxyl groups is 1. The molecular formula is C19H29O4P. The van der Waals surface area contributed by atoms with Crippen LogP contribution in [0.4, 0.5) is 0 Å². The van der Waals surface area contributed by atoms with Crippen molar-refractivity contribution in [1.29, 1.82) is 0 Å². The van der Waals surface area contributed by atoms with Crippen LogP contribution in [0.5, 0.6) is 0 Å². The SMILES string of the molecule is CC12CCC(P(=O)(O)O)=CC1=CCC1C2CCC2(C)C(O)CCC12. The summed E-state index contributed by atoms with van der Waals surface area (Å²) < 4.78 is 11.6. The molecule has 4 aliphatic carbocycles. The Kier molecular flexibility index (Phi) is 3.76. The standard InChI is InChI=1S/C19H29O4P/c1-18-9-7-13(24(21,22)23)11-12(18)3-4-14-15-5-6-17(20)19(15,2)10-8-16(14)18/h3,11,14-17,20H,4-10H2,1-2H3,(H2,21,22,23). The van der Waals surface area contributed by atoms with Crippen LogP contribution in [0.3, 0.4) is 0 Å². The third kappa shape index (κ3) is 2.26. The molecule has 2 fully saturated rings. The molecule has 0 saturated heterocycles. The first kappa shape index (κ1) is 17.0. The van der Waals surface area contributed by atoms with Crippen LogP contribution in [0, 0.1) is 28.6 Å². The highest BCUT2D eigenvalue weighted by Gasteiger charge is 2.58. The predicted molar refractivity (Wildman–Crippen MR) is 93.2 cm³/mol. The van der Waals surface area contributed by atoms with Crippen LogP contribution in [-0.2, 0) is 4.57 Å². The lowest BCUT2D eigenvalue weighted by Gasteiger charge is -2.56. The van der Waals surface area contributed by atoms with Crippen LogP contribution in [0.2, 0.25) is 0 Å². The molecule has 134 valence electrons. The predicted octanol–water partition coefficient (Wildman–Crippen LogP) is 3.98. The van der Waals surface area contributed by atoms with Gasteiger partial charge in [0.15, 0.2) is 0 Å². The molecule has 6 atom stereocenters. The van der Waals surface area contributed by atoms with Crippen molar-refractivity contribution >= 4 is 7.60 Å². The zero-order valence-corrected chi connectivity index (χ0v) is 15.5. The molecule has 4 aliphatic rings. The molecule has 6 unspecified atom stereocenters. The van der Waals surface area contributed by atoms with E-state index in [2.05, 4.69) is 19.9 Å². The van der Waals surface area contributed by atoms with E-state index < -0.39 is 7.60 Å². The fourth-order valence-electron chi connectivity index (χ4n) is 6.51. The van der Waals surface area contributed by atoms with Crippen molar-refractivity contribution in [2.75, 3.05) is 0 Å². The number of aliphatic hydroxyl groups excluding tert-OH is 1. The molecule has 4 nitrogen and oxygen atoms in total. The summed E-state index contributed by atoms with van der Waals surface area (Å²) in [5.41, 5.74) is 1.26. The molecule has 2 saturated carbocycles. The smallest absolute Gasteiger partial charge is 0.352 e. The minimum absolute atomic E-state index is 0.0382. The van der Waals surface area contributed by atoms with E-state index in [0.29, 0.717) is 29.5 Å². The third-order valence-electron chi connectivity index (χ3n) is 8.07. The van der Waals surface area contributed by atoms with Crippen molar-refractivity contribution in [3.05, 3.63) is 23.0 Å². The molecule has 3 N–H and O–H groups in total. The maximum atomic E-state index is 11.6. The average molecular weight is 352 g/mol. The Labute approximate surface area is 144 Å². The molecule has 0 aromatic rings. The van der Waals surface area contributed by atoms with E-state index in [1.807, 2.05) is 0 Å². The van der Waals surface area contributed by atoms with Gasteiger partial charge >= 0.3 is 7.60 Å². The van der Waals surface area contributed by atoms with Gasteiger partial charge in [-0.15, -0.1) is 0 Å². The second-order valence-corrected chi connectivity index (χ2v) is 10.7. The van der Waals surface area contributed by atoms with Crippen LogP contribution in [-0.4, -0.2) is 21.0 Å². The summed E-state index contributed by atoms with van der Waals surface area (Å²) in [5, 5.41) is 10.8. The lowest BCUT2D eigenvalue weighted by Crippen LogP contribution is -2.50. The van der Waals surface area contributed by atoms with Crippen molar-refractivity contribution < 1.29 is 19.5 Å². The Bertz CT molecular complexity index is 662. The first-order valence-electron chi connectivity index (χ1n) is 9.31. The van der Waals surface area contributed by atoms with Crippen molar-refractivity contribution in [1.82, 2.24) is 0 Å². The van der Waals surface area contributed by atoms with Crippen LogP contribution < -0.4 is 0 Å². The van der Waals surface area contributed by atoms with E-state index >= 15 is 0 Å². The van der Waals surface area contributed by atoms with Crippen molar-refractivity contribution in [2.45, 2.75) is 64.9 Å². The van der Waals surface area contributed by atoms with Gasteiger partial charge in [-0.05, 0) is 85.2 Å². The summed E-state index contributed by atoms with van der Waals surface area (Å²) in [6, 6.07) is 0. The number of hydrogen-bond acceptors (Lipinski definition) is 2. The average Bonchev–Trinajstić information content (AvgIpc) is 2.81. The van der Waals surface area contributed by atoms with Gasteiger partial charge in [-0.3, -0.25) is 4.57 Å². The molecule has 0 amide bonds. The third-order valence-corrected chi connectivity index (χ3v) is 9.17. The van der Waals surface area contributed by atoms with Gasteiger partial charge in [-0.1, -0.05) is 19.9 Å². The van der Waals surface area contributed by atoms with Gasteiger partial charge in [0.25, 0.3) is 0 Å². The first-order chi connectivity index (χ1) is 11.2. The number of hydrogen-bond donors (Lipinski definition) is 3. The van der Waals surface area contributed by atoms with Gasteiger partial charge in [0, 0.05) is 5.31 Å². The molecule has 0 aromatic carbocycles. The van der Waals surface area contributed by atoms with Crippen LogP contribution in [0.15, 0.2) is 23.0 Å². The van der Waals surface area contributed by atoms with Crippen LogP contribution >= 0.6 is 7.60 Å². The summed E-state index contributed by atoms with van der Waals surface area (Å²) in [6.45, 7) is 4.58. The van der Waals surface area contributed by atoms with E-state index in [9.17, 15) is 19.5 Å². The highest BCUT2D eigenvalue weighted by molar-refractivity contribution is 7.56. The van der Waals surface area contributed by atoms with Gasteiger partial charge in [0.05, 0.1) is 6.10 Å². The summed E-state index contributed by atoms with van der Waals surface area (Å²) in [6.07, 6.45) is 10.5. The van der Waals surface area contributed by atoms with E-state index in [-0.39, 0.29) is 16.9 Å².